The first-order valence-electron chi connectivity index (χ1n) is 10.4. The van der Waals surface area contributed by atoms with Gasteiger partial charge in [-0.2, -0.15) is 5.10 Å². The first-order chi connectivity index (χ1) is 15.7. The van der Waals surface area contributed by atoms with Crippen LogP contribution in [0.15, 0.2) is 59.8 Å². The van der Waals surface area contributed by atoms with E-state index >= 15 is 0 Å². The molecule has 0 unspecified atom stereocenters. The third-order valence-corrected chi connectivity index (χ3v) is 6.74. The zero-order valence-corrected chi connectivity index (χ0v) is 19.8. The van der Waals surface area contributed by atoms with Gasteiger partial charge in [0.25, 0.3) is 15.9 Å². The van der Waals surface area contributed by atoms with Gasteiger partial charge in [0.1, 0.15) is 5.82 Å². The van der Waals surface area contributed by atoms with E-state index in [2.05, 4.69) is 33.9 Å². The lowest BCUT2D eigenvalue weighted by atomic mass is 10.2. The van der Waals surface area contributed by atoms with Crippen LogP contribution in [0.3, 0.4) is 0 Å². The molecule has 33 heavy (non-hydrogen) atoms. The fourth-order valence-electron chi connectivity index (χ4n) is 3.10. The Balaban J connectivity index is 1.70. The van der Waals surface area contributed by atoms with E-state index < -0.39 is 21.7 Å². The van der Waals surface area contributed by atoms with Gasteiger partial charge in [0, 0.05) is 18.3 Å². The molecule has 0 aliphatic heterocycles. The molecule has 1 aromatic heterocycles. The number of aromatic nitrogens is 2. The van der Waals surface area contributed by atoms with E-state index in [1.54, 1.807) is 17.1 Å². The number of halogens is 2. The topological polar surface area (TPSA) is 96.3 Å². The molecule has 8 nitrogen and oxygen atoms in total. The number of hydrogen-bond donors (Lipinski definition) is 2. The second kappa shape index (κ2) is 10.8. The Labute approximate surface area is 197 Å². The van der Waals surface area contributed by atoms with Gasteiger partial charge in [-0.15, -0.1) is 0 Å². The largest absolute Gasteiger partial charge is 0.319 e. The highest BCUT2D eigenvalue weighted by Crippen LogP contribution is 2.26. The number of nitrogens with one attached hydrogen (secondary N) is 2. The lowest BCUT2D eigenvalue weighted by molar-refractivity contribution is 0.102. The highest BCUT2D eigenvalue weighted by Gasteiger charge is 2.18. The second-order valence-corrected chi connectivity index (χ2v) is 9.32. The molecule has 0 aliphatic carbocycles. The van der Waals surface area contributed by atoms with Crippen molar-refractivity contribution in [3.05, 3.63) is 71.3 Å². The van der Waals surface area contributed by atoms with Crippen LogP contribution in [0.5, 0.6) is 0 Å². The third-order valence-electron chi connectivity index (χ3n) is 5.03. The summed E-state index contributed by atoms with van der Waals surface area (Å²) < 4.78 is 42.4. The molecule has 0 aliphatic rings. The zero-order valence-electron chi connectivity index (χ0n) is 18.3. The monoisotopic (exact) mass is 493 g/mol. The quantitative estimate of drug-likeness (QED) is 0.444. The van der Waals surface area contributed by atoms with Crippen LogP contribution in [0.2, 0.25) is 5.02 Å². The molecule has 0 bridgehead atoms. The van der Waals surface area contributed by atoms with E-state index in [0.717, 1.165) is 43.9 Å². The molecule has 11 heteroatoms. The molecule has 1 amide bonds. The molecule has 0 fully saturated rings. The molecule has 176 valence electrons. The van der Waals surface area contributed by atoms with Gasteiger partial charge in [0.2, 0.25) is 0 Å². The summed E-state index contributed by atoms with van der Waals surface area (Å²) in [5.41, 5.74) is 0.749. The van der Waals surface area contributed by atoms with Crippen molar-refractivity contribution in [1.29, 1.82) is 0 Å². The number of rotatable bonds is 10. The number of nitrogens with zero attached hydrogens (tertiary/aromatic N) is 3. The lowest BCUT2D eigenvalue weighted by Crippen LogP contribution is -2.27. The van der Waals surface area contributed by atoms with Crippen LogP contribution in [0.4, 0.5) is 15.8 Å². The molecular weight excluding hydrogens is 469 g/mol. The van der Waals surface area contributed by atoms with Crippen LogP contribution in [0, 0.1) is 5.82 Å². The summed E-state index contributed by atoms with van der Waals surface area (Å²) in [7, 11) is -4.02. The van der Waals surface area contributed by atoms with E-state index in [9.17, 15) is 17.6 Å². The number of sulfonamides is 1. The molecule has 3 rings (SSSR count). The summed E-state index contributed by atoms with van der Waals surface area (Å²) in [6.07, 6.45) is 3.28. The van der Waals surface area contributed by atoms with E-state index in [1.165, 1.54) is 18.2 Å². The van der Waals surface area contributed by atoms with Crippen LogP contribution in [0.1, 0.15) is 24.2 Å². The normalized spacial score (nSPS) is 11.5. The minimum Gasteiger partial charge on any atom is -0.319 e. The predicted molar refractivity (Wildman–Crippen MR) is 127 cm³/mol. The third kappa shape index (κ3) is 6.53. The minimum atomic E-state index is -4.02. The smallest absolute Gasteiger partial charge is 0.261 e. The summed E-state index contributed by atoms with van der Waals surface area (Å²) in [6.45, 7) is 7.62. The number of hydrogen-bond acceptors (Lipinski definition) is 5. The number of likely N-dealkylation sites (N-methyl/N-ethyl adjacent to an activating group) is 1. The van der Waals surface area contributed by atoms with Crippen molar-refractivity contribution in [2.75, 3.05) is 29.7 Å². The Morgan fingerprint density at radius 2 is 1.85 bits per heavy atom. The SMILES string of the molecule is CCN(CC)CCn1cc(NC(=O)c2ccc(Cl)c(NS(=O)(=O)c3ccc(F)cc3)c2)cn1. The van der Waals surface area contributed by atoms with E-state index in [1.807, 2.05) is 0 Å². The van der Waals surface area contributed by atoms with Gasteiger partial charge in [0.05, 0.1) is 34.0 Å². The van der Waals surface area contributed by atoms with Crippen molar-refractivity contribution in [1.82, 2.24) is 14.7 Å². The summed E-state index contributed by atoms with van der Waals surface area (Å²) in [6, 6.07) is 8.61. The van der Waals surface area contributed by atoms with Gasteiger partial charge >= 0.3 is 0 Å². The van der Waals surface area contributed by atoms with Crippen molar-refractivity contribution in [3.63, 3.8) is 0 Å². The summed E-state index contributed by atoms with van der Waals surface area (Å²) >= 11 is 6.13. The molecule has 2 aromatic carbocycles. The Kier molecular flexibility index (Phi) is 8.06. The molecule has 0 saturated carbocycles. The van der Waals surface area contributed by atoms with Crippen LogP contribution >= 0.6 is 11.6 Å². The molecule has 0 saturated heterocycles. The zero-order chi connectivity index (χ0) is 24.0. The van der Waals surface area contributed by atoms with Gasteiger partial charge in [-0.05, 0) is 55.6 Å². The van der Waals surface area contributed by atoms with Crippen LogP contribution in [0.25, 0.3) is 0 Å². The van der Waals surface area contributed by atoms with Gasteiger partial charge in [0.15, 0.2) is 0 Å². The first-order valence-corrected chi connectivity index (χ1v) is 12.2. The molecule has 3 aromatic rings. The standard InChI is InChI=1S/C22H25ClFN5O3S/c1-3-28(4-2)11-12-29-15-18(14-25-29)26-22(30)16-5-10-20(23)21(13-16)27-33(31,32)19-8-6-17(24)7-9-19/h5-10,13-15,27H,3-4,11-12H2,1-2H3,(H,26,30). The van der Waals surface area contributed by atoms with E-state index in [0.29, 0.717) is 12.2 Å². The summed E-state index contributed by atoms with van der Waals surface area (Å²) in [4.78, 5) is 14.8. The van der Waals surface area contributed by atoms with E-state index in [4.69, 9.17) is 11.6 Å². The highest BCUT2D eigenvalue weighted by molar-refractivity contribution is 7.92. The molecule has 2 N–H and O–H groups in total. The van der Waals surface area contributed by atoms with Crippen molar-refractivity contribution >= 4 is 38.9 Å². The average molecular weight is 494 g/mol. The highest BCUT2D eigenvalue weighted by atomic mass is 35.5. The molecular formula is C22H25ClFN5O3S. The second-order valence-electron chi connectivity index (χ2n) is 7.23. The fraction of sp³-hybridized carbons (Fsp3) is 0.273. The number of anilines is 2. The van der Waals surface area contributed by atoms with Crippen LogP contribution < -0.4 is 10.0 Å². The van der Waals surface area contributed by atoms with Gasteiger partial charge in [-0.3, -0.25) is 14.2 Å². The first kappa shape index (κ1) is 24.7. The lowest BCUT2D eigenvalue weighted by Gasteiger charge is -2.17. The van der Waals surface area contributed by atoms with E-state index in [-0.39, 0.29) is 21.2 Å². The maximum absolute atomic E-state index is 13.1. The van der Waals surface area contributed by atoms with Crippen LogP contribution in [-0.2, 0) is 16.6 Å². The predicted octanol–water partition coefficient (Wildman–Crippen LogP) is 4.07. The summed E-state index contributed by atoms with van der Waals surface area (Å²) in [5, 5.41) is 7.12. The van der Waals surface area contributed by atoms with Gasteiger partial charge in [-0.25, -0.2) is 12.8 Å². The Morgan fingerprint density at radius 3 is 2.52 bits per heavy atom. The van der Waals surface area contributed by atoms with Gasteiger partial charge < -0.3 is 10.2 Å². The van der Waals surface area contributed by atoms with Gasteiger partial charge in [-0.1, -0.05) is 25.4 Å². The molecule has 0 atom stereocenters. The Bertz CT molecular complexity index is 1210. The van der Waals surface area contributed by atoms with Crippen molar-refractivity contribution < 1.29 is 17.6 Å². The number of amides is 1. The number of carbonyl (C=O) groups excluding carboxylic acids is 1. The minimum absolute atomic E-state index is 0.0311. The average Bonchev–Trinajstić information content (AvgIpc) is 3.23. The number of carbonyl (C=O) groups is 1. The Morgan fingerprint density at radius 1 is 1.15 bits per heavy atom. The van der Waals surface area contributed by atoms with Crippen LogP contribution in [-0.4, -0.2) is 48.6 Å². The Hall–Kier alpha value is -2.95. The van der Waals surface area contributed by atoms with Crippen molar-refractivity contribution in [3.8, 4) is 0 Å². The van der Waals surface area contributed by atoms with Crippen molar-refractivity contribution in [2.45, 2.75) is 25.3 Å². The maximum atomic E-state index is 13.1. The fourth-order valence-corrected chi connectivity index (χ4v) is 4.39. The number of benzene rings is 2. The maximum Gasteiger partial charge on any atom is 0.261 e. The molecule has 0 spiro atoms. The molecule has 1 heterocycles. The summed E-state index contributed by atoms with van der Waals surface area (Å²) in [5.74, 6) is -1.00. The van der Waals surface area contributed by atoms with Crippen molar-refractivity contribution in [2.24, 2.45) is 0 Å². The molecule has 0 radical (unpaired) electrons.